The van der Waals surface area contributed by atoms with Gasteiger partial charge in [0.05, 0.1) is 31.2 Å². The van der Waals surface area contributed by atoms with Crippen molar-refractivity contribution in [3.63, 3.8) is 0 Å². The number of rotatable bonds is 10. The summed E-state index contributed by atoms with van der Waals surface area (Å²) in [6.07, 6.45) is 4.65. The van der Waals surface area contributed by atoms with Crippen LogP contribution < -0.4 is 9.46 Å². The van der Waals surface area contributed by atoms with Crippen molar-refractivity contribution in [1.29, 1.82) is 0 Å². The SMILES string of the molecule is CC(C)CCS(=O)(=O)NC(=O)/C=C/c1cc(OC2CCOCC2)nn1Cc1ccc(Cl)cc1Cl. The van der Waals surface area contributed by atoms with E-state index < -0.39 is 15.9 Å². The molecule has 1 aliphatic rings. The minimum atomic E-state index is -3.70. The summed E-state index contributed by atoms with van der Waals surface area (Å²) in [4.78, 5) is 12.3. The Morgan fingerprint density at radius 1 is 1.29 bits per heavy atom. The van der Waals surface area contributed by atoms with Crippen molar-refractivity contribution in [3.05, 3.63) is 51.6 Å². The molecule has 0 unspecified atom stereocenters. The first-order valence-electron chi connectivity index (χ1n) is 11.1. The number of hydrogen-bond acceptors (Lipinski definition) is 6. The second kappa shape index (κ2) is 12.1. The summed E-state index contributed by atoms with van der Waals surface area (Å²) < 4.78 is 39.3. The topological polar surface area (TPSA) is 99.5 Å². The van der Waals surface area contributed by atoms with Crippen molar-refractivity contribution in [3.8, 4) is 5.88 Å². The van der Waals surface area contributed by atoms with Gasteiger partial charge >= 0.3 is 0 Å². The normalized spacial score (nSPS) is 15.2. The Labute approximate surface area is 210 Å². The molecule has 186 valence electrons. The predicted molar refractivity (Wildman–Crippen MR) is 133 cm³/mol. The molecule has 0 spiro atoms. The van der Waals surface area contributed by atoms with Crippen LogP contribution in [0, 0.1) is 5.92 Å². The quantitative estimate of drug-likeness (QED) is 0.460. The zero-order valence-electron chi connectivity index (χ0n) is 19.2. The van der Waals surface area contributed by atoms with Crippen molar-refractivity contribution in [1.82, 2.24) is 14.5 Å². The van der Waals surface area contributed by atoms with Gasteiger partial charge < -0.3 is 9.47 Å². The van der Waals surface area contributed by atoms with Crippen LogP contribution in [0.2, 0.25) is 10.0 Å². The van der Waals surface area contributed by atoms with E-state index in [1.54, 1.807) is 28.9 Å². The first-order valence-corrected chi connectivity index (χ1v) is 13.5. The van der Waals surface area contributed by atoms with Crippen molar-refractivity contribution in [2.75, 3.05) is 19.0 Å². The molecule has 0 bridgehead atoms. The van der Waals surface area contributed by atoms with E-state index in [9.17, 15) is 13.2 Å². The van der Waals surface area contributed by atoms with Crippen LogP contribution in [0.1, 0.15) is 44.4 Å². The fraction of sp³-hybridized carbons (Fsp3) is 0.478. The number of sulfonamides is 1. The molecular formula is C23H29Cl2N3O5S. The standard InChI is InChI=1S/C23H29Cl2N3O5S/c1-16(2)9-12-34(30,31)27-22(29)6-5-19-14-23(33-20-7-10-32-11-8-20)26-28(19)15-17-3-4-18(24)13-21(17)25/h3-6,13-14,16,20H,7-12,15H2,1-2H3,(H,27,29)/b6-5+. The number of nitrogens with zero attached hydrogens (tertiary/aromatic N) is 2. The van der Waals surface area contributed by atoms with Crippen LogP contribution in [0.5, 0.6) is 5.88 Å². The van der Waals surface area contributed by atoms with E-state index in [4.69, 9.17) is 32.7 Å². The van der Waals surface area contributed by atoms with Crippen LogP contribution in [0.15, 0.2) is 30.3 Å². The highest BCUT2D eigenvalue weighted by Crippen LogP contribution is 2.24. The van der Waals surface area contributed by atoms with Gasteiger partial charge in [-0.1, -0.05) is 43.1 Å². The van der Waals surface area contributed by atoms with Gasteiger partial charge in [-0.05, 0) is 36.1 Å². The third-order valence-corrected chi connectivity index (χ3v) is 7.08. The van der Waals surface area contributed by atoms with E-state index in [-0.39, 0.29) is 17.8 Å². The second-order valence-corrected chi connectivity index (χ2v) is 11.2. The zero-order chi connectivity index (χ0) is 24.7. The molecule has 3 rings (SSSR count). The van der Waals surface area contributed by atoms with Crippen molar-refractivity contribution < 1.29 is 22.7 Å². The summed E-state index contributed by atoms with van der Waals surface area (Å²) in [5.41, 5.74) is 1.34. The molecule has 0 radical (unpaired) electrons. The number of amides is 1. The Balaban J connectivity index is 1.78. The number of nitrogens with one attached hydrogen (secondary N) is 1. The average molecular weight is 530 g/mol. The lowest BCUT2D eigenvalue weighted by molar-refractivity contribution is -0.114. The summed E-state index contributed by atoms with van der Waals surface area (Å²) in [6, 6.07) is 6.88. The van der Waals surface area contributed by atoms with Crippen LogP contribution in [-0.4, -0.2) is 49.2 Å². The average Bonchev–Trinajstić information content (AvgIpc) is 3.14. The molecule has 1 saturated heterocycles. The molecule has 8 nitrogen and oxygen atoms in total. The minimum Gasteiger partial charge on any atom is -0.473 e. The van der Waals surface area contributed by atoms with E-state index in [0.29, 0.717) is 47.8 Å². The summed E-state index contributed by atoms with van der Waals surface area (Å²) >= 11 is 12.3. The van der Waals surface area contributed by atoms with Crippen molar-refractivity contribution in [2.24, 2.45) is 5.92 Å². The molecule has 1 fully saturated rings. The third-order valence-electron chi connectivity index (χ3n) is 5.21. The molecule has 2 aromatic rings. The van der Waals surface area contributed by atoms with Gasteiger partial charge in [-0.2, -0.15) is 0 Å². The summed E-state index contributed by atoms with van der Waals surface area (Å²) in [7, 11) is -3.70. The van der Waals surface area contributed by atoms with Gasteiger partial charge in [-0.15, -0.1) is 5.10 Å². The van der Waals surface area contributed by atoms with E-state index >= 15 is 0 Å². The third kappa shape index (κ3) is 8.30. The van der Waals surface area contributed by atoms with Crippen LogP contribution in [0.25, 0.3) is 6.08 Å². The minimum absolute atomic E-state index is 0.0116. The van der Waals surface area contributed by atoms with Gasteiger partial charge in [0.15, 0.2) is 0 Å². The lowest BCUT2D eigenvalue weighted by Gasteiger charge is -2.21. The summed E-state index contributed by atoms with van der Waals surface area (Å²) in [5, 5.41) is 5.53. The van der Waals surface area contributed by atoms with Gasteiger partial charge in [-0.25, -0.2) is 13.1 Å². The number of halogens is 2. The number of carbonyl (C=O) groups is 1. The maximum Gasteiger partial charge on any atom is 0.257 e. The van der Waals surface area contributed by atoms with Crippen LogP contribution in [-0.2, 0) is 26.1 Å². The maximum absolute atomic E-state index is 12.3. The molecule has 0 saturated carbocycles. The smallest absolute Gasteiger partial charge is 0.257 e. The molecule has 2 heterocycles. The Hall–Kier alpha value is -2.07. The largest absolute Gasteiger partial charge is 0.473 e. The lowest BCUT2D eigenvalue weighted by atomic mass is 10.2. The van der Waals surface area contributed by atoms with Gasteiger partial charge in [0, 0.05) is 35.0 Å². The molecule has 1 amide bonds. The molecule has 1 aromatic heterocycles. The highest BCUT2D eigenvalue weighted by atomic mass is 35.5. The maximum atomic E-state index is 12.3. The highest BCUT2D eigenvalue weighted by molar-refractivity contribution is 7.90. The fourth-order valence-electron chi connectivity index (χ4n) is 3.29. The lowest BCUT2D eigenvalue weighted by Crippen LogP contribution is -2.31. The Morgan fingerprint density at radius 2 is 2.03 bits per heavy atom. The molecule has 1 aromatic carbocycles. The van der Waals surface area contributed by atoms with E-state index in [0.717, 1.165) is 18.4 Å². The van der Waals surface area contributed by atoms with Crippen molar-refractivity contribution >= 4 is 45.2 Å². The second-order valence-electron chi connectivity index (χ2n) is 8.53. The number of hydrogen-bond donors (Lipinski definition) is 1. The Morgan fingerprint density at radius 3 is 2.71 bits per heavy atom. The molecule has 0 atom stereocenters. The number of carbonyl (C=O) groups excluding carboxylic acids is 1. The van der Waals surface area contributed by atoms with E-state index in [1.807, 2.05) is 13.8 Å². The zero-order valence-corrected chi connectivity index (χ0v) is 21.5. The van der Waals surface area contributed by atoms with Crippen LogP contribution in [0.3, 0.4) is 0 Å². The summed E-state index contributed by atoms with van der Waals surface area (Å²) in [6.45, 7) is 5.41. The molecule has 11 heteroatoms. The molecule has 0 aliphatic carbocycles. The van der Waals surface area contributed by atoms with Crippen LogP contribution in [0.4, 0.5) is 0 Å². The Bertz CT molecular complexity index is 1130. The number of ether oxygens (including phenoxy) is 2. The summed E-state index contributed by atoms with van der Waals surface area (Å²) in [5.74, 6) is -0.222. The molecule has 1 N–H and O–H groups in total. The number of benzene rings is 1. The van der Waals surface area contributed by atoms with Gasteiger partial charge in [0.1, 0.15) is 6.10 Å². The molecular weight excluding hydrogens is 501 g/mol. The Kier molecular flexibility index (Phi) is 9.41. The fourth-order valence-corrected chi connectivity index (χ4v) is 5.02. The van der Waals surface area contributed by atoms with E-state index in [1.165, 1.54) is 12.2 Å². The number of aromatic nitrogens is 2. The van der Waals surface area contributed by atoms with Gasteiger partial charge in [0.2, 0.25) is 15.9 Å². The van der Waals surface area contributed by atoms with Gasteiger partial charge in [-0.3, -0.25) is 9.48 Å². The van der Waals surface area contributed by atoms with Crippen molar-refractivity contribution in [2.45, 2.75) is 45.8 Å². The molecule has 34 heavy (non-hydrogen) atoms. The first-order chi connectivity index (χ1) is 16.1. The van der Waals surface area contributed by atoms with E-state index in [2.05, 4.69) is 9.82 Å². The predicted octanol–water partition coefficient (Wildman–Crippen LogP) is 4.30. The monoisotopic (exact) mass is 529 g/mol. The molecule has 1 aliphatic heterocycles. The van der Waals surface area contributed by atoms with Crippen LogP contribution >= 0.6 is 23.2 Å². The first kappa shape index (κ1) is 26.5. The van der Waals surface area contributed by atoms with Gasteiger partial charge in [0.25, 0.3) is 5.91 Å². The highest BCUT2D eigenvalue weighted by Gasteiger charge is 2.19.